The Bertz CT molecular complexity index is 712. The lowest BCUT2D eigenvalue weighted by Gasteiger charge is -2.41. The first-order chi connectivity index (χ1) is 14.8. The molecule has 1 saturated carbocycles. The number of aliphatic hydroxyl groups excluding tert-OH is 1. The quantitative estimate of drug-likeness (QED) is 0.616. The van der Waals surface area contributed by atoms with Gasteiger partial charge in [0.25, 0.3) is 0 Å². The van der Waals surface area contributed by atoms with Crippen LogP contribution in [0.25, 0.3) is 0 Å². The second-order valence-corrected chi connectivity index (χ2v) is 10.4. The molecule has 1 aliphatic heterocycles. The fraction of sp³-hybridized carbons (Fsp3) is 0.792. The lowest BCUT2D eigenvalue weighted by Crippen LogP contribution is -2.52. The molecule has 3 rings (SSSR count). The average molecular weight is 432 g/mol. The lowest BCUT2D eigenvalue weighted by molar-refractivity contribution is -0.110. The number of hydrogen-bond donors (Lipinski definition) is 2. The maximum atomic E-state index is 10.6. The van der Waals surface area contributed by atoms with Crippen LogP contribution in [-0.4, -0.2) is 71.3 Å². The van der Waals surface area contributed by atoms with Crippen molar-refractivity contribution in [1.29, 1.82) is 0 Å². The maximum Gasteiger partial charge on any atom is 0.207 e. The van der Waals surface area contributed by atoms with Crippen molar-refractivity contribution in [3.05, 3.63) is 17.6 Å². The van der Waals surface area contributed by atoms with E-state index in [1.807, 2.05) is 0 Å². The minimum Gasteiger partial charge on any atom is -0.396 e. The van der Waals surface area contributed by atoms with E-state index in [0.29, 0.717) is 18.5 Å². The fourth-order valence-electron chi connectivity index (χ4n) is 4.86. The summed E-state index contributed by atoms with van der Waals surface area (Å²) >= 11 is 0. The predicted molar refractivity (Wildman–Crippen MR) is 124 cm³/mol. The normalized spacial score (nSPS) is 25.5. The van der Waals surface area contributed by atoms with E-state index in [0.717, 1.165) is 68.7 Å². The minimum absolute atomic E-state index is 0.108. The Kier molecular flexibility index (Phi) is 8.28. The average Bonchev–Trinajstić information content (AvgIpc) is 2.73. The number of rotatable bonds is 8. The van der Waals surface area contributed by atoms with Crippen LogP contribution < -0.4 is 10.2 Å². The SMILES string of the molecule is CC1CN(CCC2CCC(NC=O)CC2)CCN1c1cc(CCO)nc(C(C)(C)C)n1. The van der Waals surface area contributed by atoms with Crippen LogP contribution in [0.4, 0.5) is 5.82 Å². The van der Waals surface area contributed by atoms with Crippen LogP contribution in [-0.2, 0) is 16.6 Å². The summed E-state index contributed by atoms with van der Waals surface area (Å²) in [5.74, 6) is 2.63. The van der Waals surface area contributed by atoms with Gasteiger partial charge in [-0.25, -0.2) is 9.97 Å². The maximum absolute atomic E-state index is 10.6. The van der Waals surface area contributed by atoms with Crippen LogP contribution in [0, 0.1) is 5.92 Å². The molecule has 2 heterocycles. The van der Waals surface area contributed by atoms with Gasteiger partial charge in [0.05, 0.1) is 0 Å². The van der Waals surface area contributed by atoms with Crippen LogP contribution >= 0.6 is 0 Å². The van der Waals surface area contributed by atoms with Gasteiger partial charge in [0.15, 0.2) is 0 Å². The molecule has 1 aromatic rings. The molecule has 7 heteroatoms. The number of nitrogens with zero attached hydrogens (tertiary/aromatic N) is 4. The number of amides is 1. The third-order valence-electron chi connectivity index (χ3n) is 6.81. The van der Waals surface area contributed by atoms with Gasteiger partial charge in [-0.2, -0.15) is 0 Å². The highest BCUT2D eigenvalue weighted by Gasteiger charge is 2.28. The molecule has 1 unspecified atom stereocenters. The Labute approximate surface area is 187 Å². The number of carbonyl (C=O) groups excluding carboxylic acids is 1. The molecule has 0 aromatic carbocycles. The van der Waals surface area contributed by atoms with Crippen molar-refractivity contribution in [2.24, 2.45) is 5.92 Å². The first-order valence-electron chi connectivity index (χ1n) is 12.0. The van der Waals surface area contributed by atoms with E-state index in [2.05, 4.69) is 48.9 Å². The fourth-order valence-corrected chi connectivity index (χ4v) is 4.86. The standard InChI is InChI=1S/C24H41N5O2/c1-18-16-28(11-9-19-5-7-20(8-6-19)25-17-31)12-13-29(18)22-15-21(10-14-30)26-23(27-22)24(2,3)4/h15,17-20,30H,5-14,16H2,1-4H3,(H,25,31). The summed E-state index contributed by atoms with van der Waals surface area (Å²) in [5, 5.41) is 12.4. The van der Waals surface area contributed by atoms with Crippen molar-refractivity contribution in [1.82, 2.24) is 20.2 Å². The third-order valence-corrected chi connectivity index (χ3v) is 6.81. The topological polar surface area (TPSA) is 81.6 Å². The molecule has 1 atom stereocenters. The van der Waals surface area contributed by atoms with Gasteiger partial charge >= 0.3 is 0 Å². The van der Waals surface area contributed by atoms with Gasteiger partial charge in [0, 0.05) is 61.9 Å². The minimum atomic E-state index is -0.120. The van der Waals surface area contributed by atoms with Crippen LogP contribution in [0.1, 0.15) is 71.3 Å². The number of aromatic nitrogens is 2. The van der Waals surface area contributed by atoms with E-state index in [9.17, 15) is 9.90 Å². The molecule has 2 fully saturated rings. The zero-order valence-electron chi connectivity index (χ0n) is 19.8. The molecule has 0 radical (unpaired) electrons. The zero-order chi connectivity index (χ0) is 22.4. The van der Waals surface area contributed by atoms with Crippen molar-refractivity contribution in [3.63, 3.8) is 0 Å². The van der Waals surface area contributed by atoms with E-state index in [1.54, 1.807) is 0 Å². The summed E-state index contributed by atoms with van der Waals surface area (Å²) in [6, 6.07) is 2.84. The van der Waals surface area contributed by atoms with Gasteiger partial charge in [0.1, 0.15) is 11.6 Å². The summed E-state index contributed by atoms with van der Waals surface area (Å²) in [6.45, 7) is 13.0. The highest BCUT2D eigenvalue weighted by molar-refractivity contribution is 5.46. The van der Waals surface area contributed by atoms with Crippen molar-refractivity contribution in [3.8, 4) is 0 Å². The number of anilines is 1. The third kappa shape index (κ3) is 6.62. The summed E-state index contributed by atoms with van der Waals surface area (Å²) in [4.78, 5) is 25.2. The van der Waals surface area contributed by atoms with E-state index in [1.165, 1.54) is 19.3 Å². The van der Waals surface area contributed by atoms with Gasteiger partial charge in [-0.1, -0.05) is 20.8 Å². The predicted octanol–water partition coefficient (Wildman–Crippen LogP) is 2.51. The highest BCUT2D eigenvalue weighted by Crippen LogP contribution is 2.28. The monoisotopic (exact) mass is 431 g/mol. The summed E-state index contributed by atoms with van der Waals surface area (Å²) in [6.07, 6.45) is 7.36. The van der Waals surface area contributed by atoms with Gasteiger partial charge in [-0.05, 0) is 51.5 Å². The van der Waals surface area contributed by atoms with Gasteiger partial charge < -0.3 is 15.3 Å². The molecule has 1 amide bonds. The lowest BCUT2D eigenvalue weighted by atomic mass is 9.84. The molecule has 31 heavy (non-hydrogen) atoms. The molecule has 2 N–H and O–H groups in total. The number of carbonyl (C=O) groups is 1. The number of hydrogen-bond acceptors (Lipinski definition) is 6. The largest absolute Gasteiger partial charge is 0.396 e. The van der Waals surface area contributed by atoms with E-state index in [4.69, 9.17) is 9.97 Å². The number of aliphatic hydroxyl groups is 1. The van der Waals surface area contributed by atoms with E-state index < -0.39 is 0 Å². The molecular formula is C24H41N5O2. The van der Waals surface area contributed by atoms with Crippen LogP contribution in [0.15, 0.2) is 6.07 Å². The van der Waals surface area contributed by atoms with Crippen molar-refractivity contribution in [2.75, 3.05) is 37.7 Å². The Morgan fingerprint density at radius 3 is 2.55 bits per heavy atom. The summed E-state index contributed by atoms with van der Waals surface area (Å²) < 4.78 is 0. The highest BCUT2D eigenvalue weighted by atomic mass is 16.3. The molecule has 1 aliphatic carbocycles. The molecule has 0 spiro atoms. The Hall–Kier alpha value is -1.73. The zero-order valence-corrected chi connectivity index (χ0v) is 19.8. The van der Waals surface area contributed by atoms with Crippen LogP contribution in [0.2, 0.25) is 0 Å². The molecule has 7 nitrogen and oxygen atoms in total. The molecule has 0 bridgehead atoms. The second kappa shape index (κ2) is 10.7. The van der Waals surface area contributed by atoms with Gasteiger partial charge in [-0.15, -0.1) is 0 Å². The Morgan fingerprint density at radius 2 is 1.94 bits per heavy atom. The molecule has 2 aliphatic rings. The number of piperazine rings is 1. The van der Waals surface area contributed by atoms with E-state index in [-0.39, 0.29) is 12.0 Å². The summed E-state index contributed by atoms with van der Waals surface area (Å²) in [5.41, 5.74) is 0.803. The van der Waals surface area contributed by atoms with Crippen molar-refractivity contribution < 1.29 is 9.90 Å². The molecular weight excluding hydrogens is 390 g/mol. The second-order valence-electron chi connectivity index (χ2n) is 10.4. The van der Waals surface area contributed by atoms with Crippen LogP contribution in [0.3, 0.4) is 0 Å². The van der Waals surface area contributed by atoms with Crippen molar-refractivity contribution >= 4 is 12.2 Å². The smallest absolute Gasteiger partial charge is 0.207 e. The van der Waals surface area contributed by atoms with Crippen LogP contribution in [0.5, 0.6) is 0 Å². The molecule has 174 valence electrons. The van der Waals surface area contributed by atoms with Gasteiger partial charge in [0.2, 0.25) is 6.41 Å². The summed E-state index contributed by atoms with van der Waals surface area (Å²) in [7, 11) is 0. The number of nitrogens with one attached hydrogen (secondary N) is 1. The Morgan fingerprint density at radius 1 is 1.19 bits per heavy atom. The Balaban J connectivity index is 1.55. The van der Waals surface area contributed by atoms with Crippen molar-refractivity contribution in [2.45, 2.75) is 83.7 Å². The first kappa shape index (κ1) is 23.9. The molecule has 1 saturated heterocycles. The van der Waals surface area contributed by atoms with E-state index >= 15 is 0 Å². The first-order valence-corrected chi connectivity index (χ1v) is 12.0. The molecule has 1 aromatic heterocycles. The van der Waals surface area contributed by atoms with Gasteiger partial charge in [-0.3, -0.25) is 9.69 Å².